The second kappa shape index (κ2) is 6.47. The van der Waals surface area contributed by atoms with Crippen molar-refractivity contribution in [1.82, 2.24) is 4.57 Å². The third-order valence-electron chi connectivity index (χ3n) is 4.44. The topological polar surface area (TPSA) is 74.6 Å². The Morgan fingerprint density at radius 2 is 2.00 bits per heavy atom. The fourth-order valence-electron chi connectivity index (χ4n) is 3.36. The molecule has 1 unspecified atom stereocenters. The number of carbonyl (C=O) groups is 3. The zero-order valence-electron chi connectivity index (χ0n) is 13.7. The summed E-state index contributed by atoms with van der Waals surface area (Å²) in [5.74, 6) is -2.12. The molecule has 2 heterocycles. The number of nitrogens with zero attached hydrogens (tertiary/aromatic N) is 1. The van der Waals surface area contributed by atoms with Crippen LogP contribution in [0.4, 0.5) is 0 Å². The van der Waals surface area contributed by atoms with Gasteiger partial charge >= 0.3 is 11.9 Å². The highest BCUT2D eigenvalue weighted by Gasteiger charge is 2.33. The van der Waals surface area contributed by atoms with E-state index in [0.29, 0.717) is 30.6 Å². The summed E-state index contributed by atoms with van der Waals surface area (Å²) in [5, 5.41) is 0.719. The van der Waals surface area contributed by atoms with E-state index in [9.17, 15) is 14.4 Å². The van der Waals surface area contributed by atoms with Crippen LogP contribution in [0.1, 0.15) is 29.4 Å². The average molecular weight is 329 g/mol. The molecule has 6 nitrogen and oxygen atoms in total. The SMILES string of the molecule is CCOC(=O)C(=O)c1c2n(c3ccccc13)CCC(C(=O)OC)C2. The molecule has 0 aliphatic carbocycles. The van der Waals surface area contributed by atoms with Crippen LogP contribution in [-0.2, 0) is 32.0 Å². The minimum absolute atomic E-state index is 0.142. The maximum absolute atomic E-state index is 12.6. The van der Waals surface area contributed by atoms with E-state index >= 15 is 0 Å². The van der Waals surface area contributed by atoms with Crippen LogP contribution >= 0.6 is 0 Å². The smallest absolute Gasteiger partial charge is 0.379 e. The van der Waals surface area contributed by atoms with Gasteiger partial charge in [0.1, 0.15) is 0 Å². The first-order valence-corrected chi connectivity index (χ1v) is 7.97. The highest BCUT2D eigenvalue weighted by atomic mass is 16.5. The van der Waals surface area contributed by atoms with Crippen molar-refractivity contribution in [1.29, 1.82) is 0 Å². The van der Waals surface area contributed by atoms with E-state index in [4.69, 9.17) is 9.47 Å². The molecule has 2 aromatic rings. The van der Waals surface area contributed by atoms with Crippen LogP contribution in [-0.4, -0.2) is 36.0 Å². The van der Waals surface area contributed by atoms with Crippen molar-refractivity contribution in [3.8, 4) is 0 Å². The van der Waals surface area contributed by atoms with E-state index in [1.54, 1.807) is 6.92 Å². The van der Waals surface area contributed by atoms with E-state index in [0.717, 1.165) is 10.9 Å². The van der Waals surface area contributed by atoms with Gasteiger partial charge < -0.3 is 14.0 Å². The molecule has 0 N–H and O–H groups in total. The van der Waals surface area contributed by atoms with Gasteiger partial charge in [0.25, 0.3) is 5.78 Å². The fourth-order valence-corrected chi connectivity index (χ4v) is 3.36. The number of fused-ring (bicyclic) bond motifs is 3. The summed E-state index contributed by atoms with van der Waals surface area (Å²) in [6.07, 6.45) is 1.02. The van der Waals surface area contributed by atoms with Gasteiger partial charge in [-0.2, -0.15) is 0 Å². The van der Waals surface area contributed by atoms with Crippen LogP contribution in [0.25, 0.3) is 10.9 Å². The molecular formula is C18H19NO5. The maximum atomic E-state index is 12.6. The highest BCUT2D eigenvalue weighted by Crippen LogP contribution is 2.33. The molecule has 1 aromatic carbocycles. The van der Waals surface area contributed by atoms with Crippen molar-refractivity contribution in [3.63, 3.8) is 0 Å². The van der Waals surface area contributed by atoms with Crippen molar-refractivity contribution >= 4 is 28.6 Å². The molecule has 0 radical (unpaired) electrons. The zero-order valence-corrected chi connectivity index (χ0v) is 13.7. The molecule has 24 heavy (non-hydrogen) atoms. The quantitative estimate of drug-likeness (QED) is 0.488. The van der Waals surface area contributed by atoms with Gasteiger partial charge in [-0.3, -0.25) is 9.59 Å². The fraction of sp³-hybridized carbons (Fsp3) is 0.389. The molecule has 0 fully saturated rings. The summed E-state index contributed by atoms with van der Waals surface area (Å²) in [7, 11) is 1.36. The molecule has 126 valence electrons. The second-order valence-corrected chi connectivity index (χ2v) is 5.75. The molecule has 3 rings (SSSR count). The molecule has 0 saturated carbocycles. The Labute approximate surface area is 139 Å². The molecule has 0 amide bonds. The lowest BCUT2D eigenvalue weighted by molar-refractivity contribution is -0.146. The summed E-state index contributed by atoms with van der Waals surface area (Å²) in [6, 6.07) is 7.45. The highest BCUT2D eigenvalue weighted by molar-refractivity contribution is 6.43. The lowest BCUT2D eigenvalue weighted by Gasteiger charge is -2.23. The first kappa shape index (κ1) is 16.2. The van der Waals surface area contributed by atoms with E-state index in [2.05, 4.69) is 0 Å². The Kier molecular flexibility index (Phi) is 4.38. The number of aromatic nitrogens is 1. The van der Waals surface area contributed by atoms with E-state index in [-0.39, 0.29) is 18.5 Å². The van der Waals surface area contributed by atoms with Crippen LogP contribution in [0.2, 0.25) is 0 Å². The number of rotatable bonds is 4. The van der Waals surface area contributed by atoms with Crippen LogP contribution in [0.15, 0.2) is 24.3 Å². The summed E-state index contributed by atoms with van der Waals surface area (Å²) in [4.78, 5) is 36.5. The maximum Gasteiger partial charge on any atom is 0.379 e. The van der Waals surface area contributed by atoms with Crippen molar-refractivity contribution in [3.05, 3.63) is 35.5 Å². The van der Waals surface area contributed by atoms with Crippen molar-refractivity contribution in [2.45, 2.75) is 26.3 Å². The normalized spacial score (nSPS) is 16.5. The Morgan fingerprint density at radius 3 is 2.71 bits per heavy atom. The first-order chi connectivity index (χ1) is 11.6. The molecule has 0 bridgehead atoms. The number of esters is 2. The molecule has 1 aliphatic rings. The first-order valence-electron chi connectivity index (χ1n) is 7.97. The molecule has 1 aliphatic heterocycles. The van der Waals surface area contributed by atoms with Crippen molar-refractivity contribution in [2.75, 3.05) is 13.7 Å². The molecule has 1 aromatic heterocycles. The lowest BCUT2D eigenvalue weighted by atomic mass is 9.93. The number of methoxy groups -OCH3 is 1. The summed E-state index contributed by atoms with van der Waals surface area (Å²) < 4.78 is 11.7. The number of Topliss-reactive ketones (excluding diaryl/α,β-unsaturated/α-hetero) is 1. The number of aryl methyl sites for hydroxylation is 1. The minimum Gasteiger partial charge on any atom is -0.469 e. The van der Waals surface area contributed by atoms with Gasteiger partial charge in [0, 0.05) is 29.6 Å². The number of benzene rings is 1. The predicted molar refractivity (Wildman–Crippen MR) is 86.7 cm³/mol. The number of hydrogen-bond acceptors (Lipinski definition) is 5. The summed E-state index contributed by atoms with van der Waals surface area (Å²) in [6.45, 7) is 2.40. The van der Waals surface area contributed by atoms with Crippen LogP contribution < -0.4 is 0 Å². The third kappa shape index (κ3) is 2.58. The molecule has 0 spiro atoms. The number of ketones is 1. The van der Waals surface area contributed by atoms with Gasteiger partial charge in [-0.05, 0) is 19.4 Å². The van der Waals surface area contributed by atoms with Crippen molar-refractivity contribution in [2.24, 2.45) is 5.92 Å². The van der Waals surface area contributed by atoms with Gasteiger partial charge in [-0.1, -0.05) is 18.2 Å². The summed E-state index contributed by atoms with van der Waals surface area (Å²) >= 11 is 0. The van der Waals surface area contributed by atoms with Crippen molar-refractivity contribution < 1.29 is 23.9 Å². The minimum atomic E-state index is -0.864. The van der Waals surface area contributed by atoms with E-state index in [1.165, 1.54) is 7.11 Å². The van der Waals surface area contributed by atoms with Gasteiger partial charge in [0.15, 0.2) is 0 Å². The number of para-hydroxylation sites is 1. The van der Waals surface area contributed by atoms with Gasteiger partial charge in [-0.15, -0.1) is 0 Å². The Morgan fingerprint density at radius 1 is 1.25 bits per heavy atom. The van der Waals surface area contributed by atoms with Crippen LogP contribution in [0.5, 0.6) is 0 Å². The third-order valence-corrected chi connectivity index (χ3v) is 4.44. The summed E-state index contributed by atoms with van der Waals surface area (Å²) in [5.41, 5.74) is 1.94. The number of carbonyl (C=O) groups excluding carboxylic acids is 3. The molecule has 6 heteroatoms. The Hall–Kier alpha value is -2.63. The van der Waals surface area contributed by atoms with E-state index < -0.39 is 11.8 Å². The molecule has 0 saturated heterocycles. The molecular weight excluding hydrogens is 310 g/mol. The van der Waals surface area contributed by atoms with E-state index in [1.807, 2.05) is 28.8 Å². The average Bonchev–Trinajstić information content (AvgIpc) is 2.94. The Bertz CT molecular complexity index is 820. The molecule has 1 atom stereocenters. The standard InChI is InChI=1S/C18H19NO5/c1-3-24-18(22)16(20)15-12-6-4-5-7-13(12)19-9-8-11(10-14(15)19)17(21)23-2/h4-7,11H,3,8-10H2,1-2H3. The number of ether oxygens (including phenoxy) is 2. The van der Waals surface area contributed by atoms with Gasteiger partial charge in [0.2, 0.25) is 0 Å². The zero-order chi connectivity index (χ0) is 17.3. The predicted octanol–water partition coefficient (Wildman–Crippen LogP) is 2.12. The van der Waals surface area contributed by atoms with Crippen LogP contribution in [0, 0.1) is 5.92 Å². The largest absolute Gasteiger partial charge is 0.469 e. The van der Waals surface area contributed by atoms with Crippen LogP contribution in [0.3, 0.4) is 0 Å². The van der Waals surface area contributed by atoms with Gasteiger partial charge in [-0.25, -0.2) is 4.79 Å². The monoisotopic (exact) mass is 329 g/mol. The second-order valence-electron chi connectivity index (χ2n) is 5.75. The Balaban J connectivity index is 2.13. The number of hydrogen-bond donors (Lipinski definition) is 0. The van der Waals surface area contributed by atoms with Gasteiger partial charge in [0.05, 0.1) is 25.2 Å². The lowest BCUT2D eigenvalue weighted by Crippen LogP contribution is -2.28.